The number of phenols is 1. The molecule has 3 aliphatic rings. The first-order valence-electron chi connectivity index (χ1n) is 12.4. The molecule has 33 heavy (non-hydrogen) atoms. The van der Waals surface area contributed by atoms with Gasteiger partial charge < -0.3 is 5.11 Å². The molecule has 3 aromatic rings. The van der Waals surface area contributed by atoms with Crippen molar-refractivity contribution in [3.8, 4) is 16.9 Å². The van der Waals surface area contributed by atoms with Crippen molar-refractivity contribution < 1.29 is 5.11 Å². The molecule has 3 heteroatoms. The van der Waals surface area contributed by atoms with Crippen LogP contribution in [-0.4, -0.2) is 29.1 Å². The van der Waals surface area contributed by atoms with Gasteiger partial charge in [-0.25, -0.2) is 0 Å². The number of fused-ring (bicyclic) bond motifs is 1. The second-order valence-electron chi connectivity index (χ2n) is 10.2. The molecule has 6 rings (SSSR count). The third-order valence-electron chi connectivity index (χ3n) is 8.68. The fraction of sp³-hybridized carbons (Fsp3) is 0.400. The molecule has 172 valence electrons. The molecule has 1 N–H and O–H groups in total. The van der Waals surface area contributed by atoms with E-state index in [2.05, 4.69) is 71.6 Å². The van der Waals surface area contributed by atoms with Crippen LogP contribution in [0.2, 0.25) is 0 Å². The average Bonchev–Trinajstić information content (AvgIpc) is 2.85. The number of likely N-dealkylation sites (tertiary alicyclic amines) is 1. The van der Waals surface area contributed by atoms with E-state index in [0.29, 0.717) is 17.2 Å². The summed E-state index contributed by atoms with van der Waals surface area (Å²) < 4.78 is 0. The highest BCUT2D eigenvalue weighted by Crippen LogP contribution is 2.56. The maximum absolute atomic E-state index is 10.2. The van der Waals surface area contributed by atoms with Crippen molar-refractivity contribution in [1.82, 2.24) is 4.90 Å². The van der Waals surface area contributed by atoms with E-state index in [4.69, 9.17) is 0 Å². The number of hydrogen-bond acceptors (Lipinski definition) is 2. The van der Waals surface area contributed by atoms with E-state index in [1.165, 1.54) is 66.5 Å². The van der Waals surface area contributed by atoms with E-state index in [1.807, 2.05) is 6.07 Å². The van der Waals surface area contributed by atoms with Gasteiger partial charge in [-0.1, -0.05) is 73.5 Å². The summed E-state index contributed by atoms with van der Waals surface area (Å²) in [5.41, 5.74) is 7.30. The zero-order valence-corrected chi connectivity index (χ0v) is 20.1. The van der Waals surface area contributed by atoms with Crippen LogP contribution in [0.25, 0.3) is 11.1 Å². The third-order valence-corrected chi connectivity index (χ3v) is 8.68. The summed E-state index contributed by atoms with van der Waals surface area (Å²) in [4.78, 5) is 2.80. The zero-order chi connectivity index (χ0) is 21.5. The summed E-state index contributed by atoms with van der Waals surface area (Å²) in [7, 11) is 0. The fourth-order valence-corrected chi connectivity index (χ4v) is 7.12. The first kappa shape index (κ1) is 22.5. The molecule has 1 heterocycles. The van der Waals surface area contributed by atoms with Gasteiger partial charge in [-0.3, -0.25) is 4.90 Å². The van der Waals surface area contributed by atoms with E-state index < -0.39 is 0 Å². The van der Waals surface area contributed by atoms with E-state index in [1.54, 1.807) is 0 Å². The molecule has 1 saturated carbocycles. The van der Waals surface area contributed by atoms with Crippen LogP contribution < -0.4 is 0 Å². The summed E-state index contributed by atoms with van der Waals surface area (Å²) in [6, 6.07) is 26.7. The second-order valence-corrected chi connectivity index (χ2v) is 10.2. The average molecular weight is 460 g/mol. The number of hydrogen-bond donors (Lipinski definition) is 1. The van der Waals surface area contributed by atoms with Crippen molar-refractivity contribution in [1.29, 1.82) is 0 Å². The minimum Gasteiger partial charge on any atom is -0.508 e. The number of nitrogens with zero attached hydrogens (tertiary/aromatic N) is 1. The number of phenolic OH excluding ortho intramolecular Hbond substituents is 1. The monoisotopic (exact) mass is 459 g/mol. The lowest BCUT2D eigenvalue weighted by atomic mass is 9.52. The van der Waals surface area contributed by atoms with Crippen LogP contribution in [-0.2, 0) is 18.3 Å². The van der Waals surface area contributed by atoms with Gasteiger partial charge in [-0.2, -0.15) is 0 Å². The Hall–Kier alpha value is -2.29. The highest BCUT2D eigenvalue weighted by atomic mass is 35.5. The summed E-state index contributed by atoms with van der Waals surface area (Å²) in [6.07, 6.45) is 8.87. The quantitative estimate of drug-likeness (QED) is 0.464. The van der Waals surface area contributed by atoms with Crippen LogP contribution >= 0.6 is 12.4 Å². The normalized spacial score (nSPS) is 26.1. The molecular weight excluding hydrogens is 426 g/mol. The van der Waals surface area contributed by atoms with Crippen LogP contribution in [0.4, 0.5) is 0 Å². The summed E-state index contributed by atoms with van der Waals surface area (Å²) in [6.45, 7) is 2.34. The van der Waals surface area contributed by atoms with Crippen LogP contribution in [0.3, 0.4) is 0 Å². The number of rotatable bonds is 4. The SMILES string of the molecule is Cl.Oc1ccc2c(c1)[C@]13CCCC[C@H]1[C@H](C2)N(CCc1ccc(-c2ccccc2)cc1)CC3. The lowest BCUT2D eigenvalue weighted by Gasteiger charge is -2.59. The Kier molecular flexibility index (Phi) is 6.24. The molecule has 2 fully saturated rings. The number of piperidine rings is 1. The fourth-order valence-electron chi connectivity index (χ4n) is 7.12. The van der Waals surface area contributed by atoms with Crippen LogP contribution in [0.5, 0.6) is 5.75 Å². The molecule has 2 nitrogen and oxygen atoms in total. The Bertz CT molecular complexity index is 1100. The standard InChI is InChI=1S/C30H33NO.ClH/c32-26-14-13-25-20-29-27-8-4-5-16-30(27,28(25)21-26)17-19-31(29)18-15-22-9-11-24(12-10-22)23-6-2-1-3-7-23;/h1-3,6-7,9-14,21,27,29,32H,4-5,8,15-20H2;1H/t27-,29-,30-;/m0./s1. The molecule has 3 atom stereocenters. The van der Waals surface area contributed by atoms with Gasteiger partial charge >= 0.3 is 0 Å². The van der Waals surface area contributed by atoms with Crippen molar-refractivity contribution in [2.75, 3.05) is 13.1 Å². The molecule has 0 aromatic heterocycles. The Morgan fingerprint density at radius 3 is 2.48 bits per heavy atom. The molecular formula is C30H34ClNO. The maximum Gasteiger partial charge on any atom is 0.115 e. The van der Waals surface area contributed by atoms with Gasteiger partial charge in [0, 0.05) is 18.0 Å². The Morgan fingerprint density at radius 2 is 1.67 bits per heavy atom. The highest BCUT2D eigenvalue weighted by molar-refractivity contribution is 5.85. The summed E-state index contributed by atoms with van der Waals surface area (Å²) in [5, 5.41) is 10.2. The molecule has 0 spiro atoms. The lowest BCUT2D eigenvalue weighted by Crippen LogP contribution is -2.61. The van der Waals surface area contributed by atoms with Gasteiger partial charge in [0.1, 0.15) is 5.75 Å². The predicted octanol–water partition coefficient (Wildman–Crippen LogP) is 6.78. The molecule has 2 bridgehead atoms. The van der Waals surface area contributed by atoms with E-state index in [9.17, 15) is 5.11 Å². The van der Waals surface area contributed by atoms with Crippen molar-refractivity contribution >= 4 is 12.4 Å². The van der Waals surface area contributed by atoms with E-state index in [0.717, 1.165) is 25.3 Å². The minimum atomic E-state index is 0. The topological polar surface area (TPSA) is 23.5 Å². The Morgan fingerprint density at radius 1 is 0.879 bits per heavy atom. The van der Waals surface area contributed by atoms with E-state index in [-0.39, 0.29) is 12.4 Å². The van der Waals surface area contributed by atoms with Gasteiger partial charge in [-0.15, -0.1) is 12.4 Å². The smallest absolute Gasteiger partial charge is 0.115 e. The third kappa shape index (κ3) is 3.98. The van der Waals surface area contributed by atoms with Crippen LogP contribution in [0, 0.1) is 5.92 Å². The van der Waals surface area contributed by atoms with Gasteiger partial charge in [0.15, 0.2) is 0 Å². The number of benzene rings is 3. The lowest BCUT2D eigenvalue weighted by molar-refractivity contribution is -0.0106. The van der Waals surface area contributed by atoms with Crippen molar-refractivity contribution in [3.05, 3.63) is 89.5 Å². The van der Waals surface area contributed by atoms with Crippen molar-refractivity contribution in [2.24, 2.45) is 5.92 Å². The molecule has 0 amide bonds. The molecule has 0 radical (unpaired) electrons. The maximum atomic E-state index is 10.2. The predicted molar refractivity (Wildman–Crippen MR) is 138 cm³/mol. The largest absolute Gasteiger partial charge is 0.508 e. The van der Waals surface area contributed by atoms with Crippen molar-refractivity contribution in [3.63, 3.8) is 0 Å². The molecule has 0 unspecified atom stereocenters. The van der Waals surface area contributed by atoms with Crippen LogP contribution in [0.1, 0.15) is 48.8 Å². The molecule has 3 aromatic carbocycles. The van der Waals surface area contributed by atoms with Crippen molar-refractivity contribution in [2.45, 2.75) is 56.4 Å². The first-order valence-corrected chi connectivity index (χ1v) is 12.4. The van der Waals surface area contributed by atoms with E-state index >= 15 is 0 Å². The van der Waals surface area contributed by atoms with Crippen LogP contribution in [0.15, 0.2) is 72.8 Å². The molecule has 2 aliphatic carbocycles. The summed E-state index contributed by atoms with van der Waals surface area (Å²) >= 11 is 0. The van der Waals surface area contributed by atoms with Gasteiger partial charge in [0.25, 0.3) is 0 Å². The molecule has 1 aliphatic heterocycles. The number of aromatic hydroxyl groups is 1. The second kappa shape index (κ2) is 9.16. The molecule has 1 saturated heterocycles. The van der Waals surface area contributed by atoms with Gasteiger partial charge in [-0.05, 0) is 84.5 Å². The Balaban J connectivity index is 0.00000228. The first-order chi connectivity index (χ1) is 15.7. The van der Waals surface area contributed by atoms with Gasteiger partial charge in [0.2, 0.25) is 0 Å². The zero-order valence-electron chi connectivity index (χ0n) is 19.2. The summed E-state index contributed by atoms with van der Waals surface area (Å²) in [5.74, 6) is 1.20. The van der Waals surface area contributed by atoms with Gasteiger partial charge in [0.05, 0.1) is 0 Å². The minimum absolute atomic E-state index is 0. The Labute approximate surface area is 204 Å². The number of halogens is 1. The highest BCUT2D eigenvalue weighted by Gasteiger charge is 2.53.